The van der Waals surface area contributed by atoms with Crippen molar-refractivity contribution in [3.05, 3.63) is 41.5 Å². The molecule has 5 nitrogen and oxygen atoms in total. The molecule has 17 heavy (non-hydrogen) atoms. The average Bonchev–Trinajstić information content (AvgIpc) is 2.65. The topological polar surface area (TPSA) is 69.1 Å². The number of hydrogen-bond donors (Lipinski definition) is 1. The van der Waals surface area contributed by atoms with Crippen LogP contribution in [0.25, 0.3) is 5.69 Å². The van der Waals surface area contributed by atoms with Crippen molar-refractivity contribution in [3.8, 4) is 5.69 Å². The van der Waals surface area contributed by atoms with E-state index in [9.17, 15) is 0 Å². The second-order valence-corrected chi connectivity index (χ2v) is 3.94. The molecule has 0 unspecified atom stereocenters. The Kier molecular flexibility index (Phi) is 2.45. The largest absolute Gasteiger partial charge is 0.330 e. The first kappa shape index (κ1) is 10.2. The molecular formula is C12H13N5. The molecule has 1 aromatic heterocycles. The summed E-state index contributed by atoms with van der Waals surface area (Å²) >= 11 is 0. The number of hydrogen-bond acceptors (Lipinski definition) is 4. The van der Waals surface area contributed by atoms with Crippen molar-refractivity contribution in [3.63, 3.8) is 0 Å². The lowest BCUT2D eigenvalue weighted by atomic mass is 10.2. The van der Waals surface area contributed by atoms with Crippen molar-refractivity contribution in [1.29, 1.82) is 0 Å². The Balaban J connectivity index is 2.22. The molecule has 2 N–H and O–H groups in total. The lowest BCUT2D eigenvalue weighted by Crippen LogP contribution is -2.11. The molecule has 0 bridgehead atoms. The van der Waals surface area contributed by atoms with E-state index in [0.717, 1.165) is 29.3 Å². The van der Waals surface area contributed by atoms with Crippen LogP contribution in [0.2, 0.25) is 0 Å². The normalized spacial score (nSPS) is 13.0. The third kappa shape index (κ3) is 1.64. The summed E-state index contributed by atoms with van der Waals surface area (Å²) in [7, 11) is 0. The molecule has 1 aromatic carbocycles. The van der Waals surface area contributed by atoms with Crippen LogP contribution in [0.1, 0.15) is 17.2 Å². The van der Waals surface area contributed by atoms with E-state index >= 15 is 0 Å². The molecule has 1 aliphatic rings. The van der Waals surface area contributed by atoms with Crippen molar-refractivity contribution >= 4 is 6.21 Å². The average molecular weight is 227 g/mol. The zero-order valence-electron chi connectivity index (χ0n) is 9.37. The minimum atomic E-state index is 0.562. The van der Waals surface area contributed by atoms with Gasteiger partial charge in [0.2, 0.25) is 0 Å². The molecular weight excluding hydrogens is 214 g/mol. The Morgan fingerprint density at radius 2 is 2.12 bits per heavy atom. The number of benzene rings is 1. The van der Waals surface area contributed by atoms with E-state index in [0.29, 0.717) is 13.1 Å². The van der Waals surface area contributed by atoms with Crippen LogP contribution in [-0.2, 0) is 13.0 Å². The van der Waals surface area contributed by atoms with Crippen LogP contribution in [0.3, 0.4) is 0 Å². The van der Waals surface area contributed by atoms with Crippen LogP contribution in [0.4, 0.5) is 0 Å². The molecule has 0 radical (unpaired) electrons. The minimum absolute atomic E-state index is 0.562. The molecule has 3 rings (SSSR count). The van der Waals surface area contributed by atoms with Gasteiger partial charge >= 0.3 is 0 Å². The van der Waals surface area contributed by atoms with E-state index in [1.54, 1.807) is 0 Å². The number of rotatable bonds is 2. The van der Waals surface area contributed by atoms with Gasteiger partial charge in [-0.05, 0) is 12.6 Å². The molecule has 0 saturated heterocycles. The first-order valence-corrected chi connectivity index (χ1v) is 5.62. The van der Waals surface area contributed by atoms with Crippen molar-refractivity contribution in [2.75, 3.05) is 6.54 Å². The highest BCUT2D eigenvalue weighted by atomic mass is 15.3. The van der Waals surface area contributed by atoms with Gasteiger partial charge in [0, 0.05) is 18.2 Å². The first-order chi connectivity index (χ1) is 8.40. The molecule has 0 saturated carbocycles. The summed E-state index contributed by atoms with van der Waals surface area (Å²) in [5.41, 5.74) is 7.77. The van der Waals surface area contributed by atoms with Crippen LogP contribution in [0.5, 0.6) is 0 Å². The Morgan fingerprint density at radius 3 is 3.00 bits per heavy atom. The monoisotopic (exact) mass is 227 g/mol. The summed E-state index contributed by atoms with van der Waals surface area (Å²) in [4.78, 5) is 4.35. The maximum Gasteiger partial charge on any atom is 0.159 e. The molecule has 0 amide bonds. The Bertz CT molecular complexity index is 570. The SMILES string of the molecule is NCCc1nnc2n1-c1ccccc1C=NC2. The van der Waals surface area contributed by atoms with Gasteiger partial charge in [0.05, 0.1) is 12.2 Å². The standard InChI is InChI=1S/C12H13N5/c13-6-5-11-15-16-12-8-14-7-9-3-1-2-4-10(9)17(11)12/h1-4,7H,5-6,8,13H2. The van der Waals surface area contributed by atoms with Gasteiger partial charge in [0.15, 0.2) is 5.82 Å². The predicted octanol–water partition coefficient (Wildman–Crippen LogP) is 0.701. The lowest BCUT2D eigenvalue weighted by molar-refractivity contribution is 0.810. The van der Waals surface area contributed by atoms with Gasteiger partial charge in [-0.2, -0.15) is 0 Å². The molecule has 2 heterocycles. The zero-order valence-corrected chi connectivity index (χ0v) is 9.37. The minimum Gasteiger partial charge on any atom is -0.330 e. The van der Waals surface area contributed by atoms with E-state index in [-0.39, 0.29) is 0 Å². The summed E-state index contributed by atoms with van der Waals surface area (Å²) in [6, 6.07) is 8.11. The number of aliphatic imine (C=N–C) groups is 1. The van der Waals surface area contributed by atoms with Crippen LogP contribution in [0, 0.1) is 0 Å². The van der Waals surface area contributed by atoms with Gasteiger partial charge in [-0.3, -0.25) is 9.56 Å². The van der Waals surface area contributed by atoms with Gasteiger partial charge in [-0.15, -0.1) is 10.2 Å². The predicted molar refractivity (Wildman–Crippen MR) is 65.4 cm³/mol. The quantitative estimate of drug-likeness (QED) is 0.821. The fraction of sp³-hybridized carbons (Fsp3) is 0.250. The zero-order chi connectivity index (χ0) is 11.7. The fourth-order valence-corrected chi connectivity index (χ4v) is 2.05. The molecule has 0 fully saturated rings. The van der Waals surface area contributed by atoms with Gasteiger partial charge in [-0.1, -0.05) is 18.2 Å². The maximum absolute atomic E-state index is 5.60. The maximum atomic E-state index is 5.60. The summed E-state index contributed by atoms with van der Waals surface area (Å²) in [5, 5.41) is 8.37. The van der Waals surface area contributed by atoms with Crippen molar-refractivity contribution in [2.24, 2.45) is 10.7 Å². The molecule has 0 atom stereocenters. The highest BCUT2D eigenvalue weighted by Gasteiger charge is 2.16. The second kappa shape index (κ2) is 4.10. The van der Waals surface area contributed by atoms with E-state index in [1.165, 1.54) is 0 Å². The Hall–Kier alpha value is -2.01. The number of aromatic nitrogens is 3. The molecule has 2 aromatic rings. The van der Waals surface area contributed by atoms with E-state index in [2.05, 4.69) is 25.8 Å². The number of nitrogens with zero attached hydrogens (tertiary/aromatic N) is 4. The van der Waals surface area contributed by atoms with Crippen LogP contribution in [0.15, 0.2) is 29.3 Å². The first-order valence-electron chi connectivity index (χ1n) is 5.62. The van der Waals surface area contributed by atoms with Crippen molar-refractivity contribution < 1.29 is 0 Å². The van der Waals surface area contributed by atoms with Crippen LogP contribution < -0.4 is 5.73 Å². The smallest absolute Gasteiger partial charge is 0.159 e. The Labute approximate surface area is 99.0 Å². The summed E-state index contributed by atoms with van der Waals surface area (Å²) < 4.78 is 2.06. The van der Waals surface area contributed by atoms with Crippen LogP contribution in [-0.4, -0.2) is 27.5 Å². The lowest BCUT2D eigenvalue weighted by Gasteiger charge is -2.09. The van der Waals surface area contributed by atoms with Crippen LogP contribution >= 0.6 is 0 Å². The van der Waals surface area contributed by atoms with Gasteiger partial charge in [0.1, 0.15) is 5.82 Å². The fourth-order valence-electron chi connectivity index (χ4n) is 2.05. The highest BCUT2D eigenvalue weighted by Crippen LogP contribution is 2.20. The summed E-state index contributed by atoms with van der Waals surface area (Å²) in [6.07, 6.45) is 2.61. The molecule has 0 aliphatic carbocycles. The molecule has 1 aliphatic heterocycles. The molecule has 86 valence electrons. The Morgan fingerprint density at radius 1 is 1.24 bits per heavy atom. The van der Waals surface area contributed by atoms with Gasteiger partial charge < -0.3 is 5.73 Å². The summed E-state index contributed by atoms with van der Waals surface area (Å²) in [6.45, 7) is 1.13. The highest BCUT2D eigenvalue weighted by molar-refractivity contribution is 5.85. The molecule has 5 heteroatoms. The van der Waals surface area contributed by atoms with Gasteiger partial charge in [-0.25, -0.2) is 0 Å². The third-order valence-corrected chi connectivity index (χ3v) is 2.81. The number of nitrogens with two attached hydrogens (primary N) is 1. The van der Waals surface area contributed by atoms with E-state index in [1.807, 2.05) is 24.4 Å². The number of fused-ring (bicyclic) bond motifs is 3. The summed E-state index contributed by atoms with van der Waals surface area (Å²) in [5.74, 6) is 1.77. The number of para-hydroxylation sites is 1. The van der Waals surface area contributed by atoms with Gasteiger partial charge in [0.25, 0.3) is 0 Å². The van der Waals surface area contributed by atoms with E-state index in [4.69, 9.17) is 5.73 Å². The van der Waals surface area contributed by atoms with Crippen molar-refractivity contribution in [2.45, 2.75) is 13.0 Å². The third-order valence-electron chi connectivity index (χ3n) is 2.81. The second-order valence-electron chi connectivity index (χ2n) is 3.94. The van der Waals surface area contributed by atoms with E-state index < -0.39 is 0 Å². The van der Waals surface area contributed by atoms with Crippen molar-refractivity contribution in [1.82, 2.24) is 14.8 Å². The molecule has 0 spiro atoms.